The zero-order valence-electron chi connectivity index (χ0n) is 43.0. The quantitative estimate of drug-likeness (QED) is 0.118. The summed E-state index contributed by atoms with van der Waals surface area (Å²) >= 11 is 4.36. The second-order valence-corrected chi connectivity index (χ2v) is 23.0. The van der Waals surface area contributed by atoms with E-state index in [1.165, 1.54) is 51.6 Å². The molecule has 1 aromatic carbocycles. The average Bonchev–Trinajstić information content (AvgIpc) is 4.25. The first-order valence-electron chi connectivity index (χ1n) is 25.0. The van der Waals surface area contributed by atoms with Crippen LogP contribution in [0.5, 0.6) is 5.75 Å². The van der Waals surface area contributed by atoms with Crippen LogP contribution in [-0.4, -0.2) is 91.6 Å². The summed E-state index contributed by atoms with van der Waals surface area (Å²) in [7, 11) is 1.66. The van der Waals surface area contributed by atoms with Crippen LogP contribution in [0.15, 0.2) is 42.6 Å². The number of pyridine rings is 1. The Bertz CT molecular complexity index is 3430. The van der Waals surface area contributed by atoms with E-state index >= 15 is 0 Å². The maximum Gasteiger partial charge on any atom is 0.262 e. The smallest absolute Gasteiger partial charge is 0.262 e. The number of aryl methyl sites for hydroxylation is 9. The highest BCUT2D eigenvalue weighted by Crippen LogP contribution is 2.49. The first-order chi connectivity index (χ1) is 35.1. The van der Waals surface area contributed by atoms with Crippen LogP contribution in [0, 0.1) is 62.3 Å². The van der Waals surface area contributed by atoms with Gasteiger partial charge in [0.1, 0.15) is 20.2 Å². The van der Waals surface area contributed by atoms with Crippen LogP contribution in [0.2, 0.25) is 0 Å². The van der Waals surface area contributed by atoms with Crippen molar-refractivity contribution in [3.63, 3.8) is 0 Å². The van der Waals surface area contributed by atoms with Gasteiger partial charge in [-0.05, 0) is 170 Å². The standard InChI is InChI=1S/C21H23N5OS.C20H21N3O2S.C14H17N3OS.CH4/c1-11-4-7-16(8-22-11)26-9-15(10-26)23-20(27)19-18(14-5-6-14)17-12(2)13(3)24-25-21(17)28-19;1-10-12(3)22-23-20-17(10)11(2)18(26-20)19(24)21-16-9-15(16)13-5-7-14(25-4)8-6-13;1-7-9(3)16-17-14-11(7)8(2)12(19-14)13(18)15-10-5-4-6-10;/h4,7-8,14-15H,5-6,9-10H2,1-3H3,(H,23,27);5-8,15-16H,9H2,1-4H3,(H,21,24);10H,4-6H2,1-3H3,(H,15,18);1H4. The van der Waals surface area contributed by atoms with Crippen molar-refractivity contribution >= 4 is 88.1 Å². The number of aromatic nitrogens is 7. The van der Waals surface area contributed by atoms with Gasteiger partial charge >= 0.3 is 0 Å². The molecule has 3 amide bonds. The van der Waals surface area contributed by atoms with Gasteiger partial charge < -0.3 is 25.6 Å². The molecule has 15 nitrogen and oxygen atoms in total. The van der Waals surface area contributed by atoms with Crippen LogP contribution in [-0.2, 0) is 0 Å². The molecule has 3 N–H and O–H groups in total. The van der Waals surface area contributed by atoms with Crippen molar-refractivity contribution in [3.8, 4) is 5.75 Å². The fraction of sp³-hybridized carbons (Fsp3) is 0.429. The van der Waals surface area contributed by atoms with Gasteiger partial charge in [-0.1, -0.05) is 19.6 Å². The Morgan fingerprint density at radius 3 is 1.58 bits per heavy atom. The predicted octanol–water partition coefficient (Wildman–Crippen LogP) is 11.0. The number of rotatable bonds is 10. The van der Waals surface area contributed by atoms with Crippen LogP contribution in [0.3, 0.4) is 0 Å². The van der Waals surface area contributed by atoms with Gasteiger partial charge in [0.15, 0.2) is 0 Å². The van der Waals surface area contributed by atoms with E-state index < -0.39 is 0 Å². The fourth-order valence-corrected chi connectivity index (χ4v) is 13.0. The molecule has 8 heterocycles. The summed E-state index contributed by atoms with van der Waals surface area (Å²) in [6.45, 7) is 19.7. The van der Waals surface area contributed by atoms with Crippen molar-refractivity contribution < 1.29 is 19.1 Å². The Hall–Kier alpha value is -6.50. The van der Waals surface area contributed by atoms with Gasteiger partial charge in [0.2, 0.25) is 0 Å². The lowest BCUT2D eigenvalue weighted by Crippen LogP contribution is -2.59. The molecule has 0 spiro atoms. The van der Waals surface area contributed by atoms with Gasteiger partial charge in [-0.25, -0.2) is 0 Å². The highest BCUT2D eigenvalue weighted by Gasteiger charge is 2.40. The summed E-state index contributed by atoms with van der Waals surface area (Å²) in [5.41, 5.74) is 12.8. The molecule has 0 bridgehead atoms. The average molecular weight is 1050 g/mol. The topological polar surface area (TPSA) is 190 Å². The number of methoxy groups -OCH3 is 1. The summed E-state index contributed by atoms with van der Waals surface area (Å²) in [5.74, 6) is 1.79. The molecular weight excluding hydrogens is 987 g/mol. The highest BCUT2D eigenvalue weighted by atomic mass is 32.1. The molecule has 74 heavy (non-hydrogen) atoms. The number of thiophene rings is 3. The third-order valence-corrected chi connectivity index (χ3v) is 18.4. The van der Waals surface area contributed by atoms with E-state index in [9.17, 15) is 14.4 Å². The minimum atomic E-state index is -0.0106. The van der Waals surface area contributed by atoms with Gasteiger partial charge in [-0.15, -0.1) is 49.3 Å². The third kappa shape index (κ3) is 10.4. The van der Waals surface area contributed by atoms with Crippen molar-refractivity contribution in [3.05, 3.63) is 119 Å². The van der Waals surface area contributed by atoms with Crippen molar-refractivity contribution in [2.75, 3.05) is 25.1 Å². The summed E-state index contributed by atoms with van der Waals surface area (Å²) in [6, 6.07) is 12.9. The molecule has 12 rings (SSSR count). The number of nitrogens with one attached hydrogen (secondary N) is 3. The lowest BCUT2D eigenvalue weighted by molar-refractivity contribution is 0.0916. The molecule has 7 aromatic heterocycles. The number of amides is 3. The molecular formula is C56H65N11O4S3. The molecule has 2 unspecified atom stereocenters. The number of anilines is 1. The summed E-state index contributed by atoms with van der Waals surface area (Å²) in [5, 5.41) is 38.2. The van der Waals surface area contributed by atoms with Gasteiger partial charge in [-0.3, -0.25) is 19.4 Å². The maximum absolute atomic E-state index is 13.1. The molecule has 2 atom stereocenters. The summed E-state index contributed by atoms with van der Waals surface area (Å²) in [6.07, 6.45) is 8.62. The Morgan fingerprint density at radius 1 is 0.581 bits per heavy atom. The van der Waals surface area contributed by atoms with Crippen LogP contribution in [0.1, 0.15) is 149 Å². The SMILES string of the molecule is C.COc1ccc(C2CC2NC(=O)c2sc3nnc(C)c(C)c3c2C)cc1.Cc1ccc(N2CC(NC(=O)c3sc4nnc(C)c(C)c4c3C3CC3)C2)cn1.Cc1nnc2sc(C(=O)NC3CCC3)c(C)c2c1C. The highest BCUT2D eigenvalue weighted by molar-refractivity contribution is 7.21. The van der Waals surface area contributed by atoms with E-state index in [-0.39, 0.29) is 37.2 Å². The molecule has 3 aliphatic carbocycles. The van der Waals surface area contributed by atoms with Crippen LogP contribution >= 0.6 is 34.0 Å². The summed E-state index contributed by atoms with van der Waals surface area (Å²) < 4.78 is 5.20. The van der Waals surface area contributed by atoms with Crippen LogP contribution in [0.25, 0.3) is 30.6 Å². The Balaban J connectivity index is 0.000000138. The zero-order valence-corrected chi connectivity index (χ0v) is 45.5. The molecule has 18 heteroatoms. The normalized spacial score (nSPS) is 17.0. The fourth-order valence-electron chi connectivity index (χ4n) is 9.67. The van der Waals surface area contributed by atoms with E-state index in [1.54, 1.807) is 7.11 Å². The number of fused-ring (bicyclic) bond motifs is 3. The van der Waals surface area contributed by atoms with Crippen molar-refractivity contribution in [1.29, 1.82) is 0 Å². The molecule has 3 saturated carbocycles. The van der Waals surface area contributed by atoms with Crippen molar-refractivity contribution in [1.82, 2.24) is 51.5 Å². The van der Waals surface area contributed by atoms with Crippen LogP contribution in [0.4, 0.5) is 5.69 Å². The second kappa shape index (κ2) is 21.4. The molecule has 8 aromatic rings. The first-order valence-corrected chi connectivity index (χ1v) is 27.5. The lowest BCUT2D eigenvalue weighted by atomic mass is 9.93. The van der Waals surface area contributed by atoms with E-state index in [1.807, 2.05) is 79.8 Å². The number of carbonyl (C=O) groups excluding carboxylic acids is 3. The predicted molar refractivity (Wildman–Crippen MR) is 298 cm³/mol. The monoisotopic (exact) mass is 1050 g/mol. The number of benzene rings is 1. The largest absolute Gasteiger partial charge is 0.497 e. The second-order valence-electron chi connectivity index (χ2n) is 20.0. The molecule has 1 saturated heterocycles. The van der Waals surface area contributed by atoms with Crippen molar-refractivity contribution in [2.45, 2.75) is 138 Å². The first kappa shape index (κ1) is 52.4. The molecule has 4 aliphatic rings. The van der Waals surface area contributed by atoms with Crippen molar-refractivity contribution in [2.24, 2.45) is 0 Å². The number of ether oxygens (including phenoxy) is 1. The molecule has 386 valence electrons. The third-order valence-electron chi connectivity index (χ3n) is 15.0. The van der Waals surface area contributed by atoms with Gasteiger partial charge in [0.25, 0.3) is 17.7 Å². The van der Waals surface area contributed by atoms with Gasteiger partial charge in [0, 0.05) is 52.9 Å². The zero-order chi connectivity index (χ0) is 51.4. The number of hydrogen-bond acceptors (Lipinski definition) is 15. The van der Waals surface area contributed by atoms with E-state index in [0.717, 1.165) is 153 Å². The Labute approximate surface area is 444 Å². The number of hydrogen-bond donors (Lipinski definition) is 3. The number of nitrogens with zero attached hydrogens (tertiary/aromatic N) is 8. The molecule has 0 radical (unpaired) electrons. The Kier molecular flexibility index (Phi) is 15.1. The van der Waals surface area contributed by atoms with Crippen LogP contribution < -0.4 is 25.6 Å². The summed E-state index contributed by atoms with van der Waals surface area (Å²) in [4.78, 5) is 49.7. The minimum Gasteiger partial charge on any atom is -0.497 e. The molecule has 4 fully saturated rings. The van der Waals surface area contributed by atoms with Gasteiger partial charge in [-0.2, -0.15) is 15.3 Å². The molecule has 1 aliphatic heterocycles. The van der Waals surface area contributed by atoms with Gasteiger partial charge in [0.05, 0.1) is 56.7 Å². The Morgan fingerprint density at radius 2 is 1.08 bits per heavy atom. The van der Waals surface area contributed by atoms with E-state index in [0.29, 0.717) is 17.9 Å². The maximum atomic E-state index is 13.1. The number of carbonyl (C=O) groups is 3. The van der Waals surface area contributed by atoms with E-state index in [4.69, 9.17) is 4.74 Å². The minimum absolute atomic E-state index is 0. The lowest BCUT2D eigenvalue weighted by Gasteiger charge is -2.41. The van der Waals surface area contributed by atoms with E-state index in [2.05, 4.69) is 81.5 Å².